The Bertz CT molecular complexity index is 196. The molecule has 0 aromatic carbocycles. The van der Waals surface area contributed by atoms with Crippen LogP contribution in [-0.2, 0) is 4.79 Å². The highest BCUT2D eigenvalue weighted by Gasteiger charge is 1.98. The summed E-state index contributed by atoms with van der Waals surface area (Å²) in [6.45, 7) is 5.47. The summed E-state index contributed by atoms with van der Waals surface area (Å²) in [4.78, 5) is 11.3. The lowest BCUT2D eigenvalue weighted by Gasteiger charge is -2.02. The molecule has 0 aliphatic heterocycles. The molecule has 0 fully saturated rings. The van der Waals surface area contributed by atoms with E-state index in [1.54, 1.807) is 0 Å². The Morgan fingerprint density at radius 1 is 1.20 bits per heavy atom. The van der Waals surface area contributed by atoms with Gasteiger partial charge < -0.3 is 11.1 Å². The van der Waals surface area contributed by atoms with Gasteiger partial charge in [0.15, 0.2) is 0 Å². The number of nitrogens with one attached hydrogen (secondary N) is 1. The van der Waals surface area contributed by atoms with Crippen molar-refractivity contribution >= 4 is 5.91 Å². The second-order valence-electron chi connectivity index (χ2n) is 4.04. The summed E-state index contributed by atoms with van der Waals surface area (Å²) in [7, 11) is 0. The molecule has 0 heterocycles. The van der Waals surface area contributed by atoms with Crippen molar-refractivity contribution in [3.05, 3.63) is 11.6 Å². The Kier molecular flexibility index (Phi) is 9.18. The molecule has 0 saturated heterocycles. The van der Waals surface area contributed by atoms with Gasteiger partial charge in [0.25, 0.3) is 0 Å². The predicted octanol–water partition coefficient (Wildman–Crippen LogP) is 1.98. The molecule has 0 saturated carbocycles. The number of carbonyl (C=O) groups excluding carboxylic acids is 1. The third-order valence-corrected chi connectivity index (χ3v) is 2.17. The van der Waals surface area contributed by atoms with Crippen LogP contribution in [0.2, 0.25) is 0 Å². The zero-order valence-electron chi connectivity index (χ0n) is 10.0. The summed E-state index contributed by atoms with van der Waals surface area (Å²) < 4.78 is 0. The maximum atomic E-state index is 11.3. The molecule has 0 radical (unpaired) electrons. The highest BCUT2D eigenvalue weighted by molar-refractivity contribution is 5.75. The monoisotopic (exact) mass is 212 g/mol. The average Bonchev–Trinajstić information content (AvgIpc) is 2.17. The summed E-state index contributed by atoms with van der Waals surface area (Å²) in [5.41, 5.74) is 6.61. The largest absolute Gasteiger partial charge is 0.353 e. The number of carbonyl (C=O) groups is 1. The quantitative estimate of drug-likeness (QED) is 0.477. The number of unbranched alkanes of at least 4 members (excludes halogenated alkanes) is 3. The van der Waals surface area contributed by atoms with Gasteiger partial charge in [-0.3, -0.25) is 4.79 Å². The van der Waals surface area contributed by atoms with Crippen molar-refractivity contribution in [3.8, 4) is 0 Å². The van der Waals surface area contributed by atoms with Gasteiger partial charge in [0.1, 0.15) is 0 Å². The van der Waals surface area contributed by atoms with Crippen LogP contribution in [0, 0.1) is 0 Å². The number of hydrogen-bond donors (Lipinski definition) is 2. The van der Waals surface area contributed by atoms with E-state index in [2.05, 4.69) is 5.32 Å². The van der Waals surface area contributed by atoms with Crippen LogP contribution in [0.25, 0.3) is 0 Å². The van der Waals surface area contributed by atoms with Crippen LogP contribution in [0.5, 0.6) is 0 Å². The van der Waals surface area contributed by atoms with Gasteiger partial charge in [-0.1, -0.05) is 24.5 Å². The summed E-state index contributed by atoms with van der Waals surface area (Å²) in [6.07, 6.45) is 6.94. The van der Waals surface area contributed by atoms with E-state index in [4.69, 9.17) is 5.73 Å². The van der Waals surface area contributed by atoms with E-state index in [1.807, 2.05) is 19.9 Å². The fourth-order valence-electron chi connectivity index (χ4n) is 1.24. The first-order valence-electron chi connectivity index (χ1n) is 5.77. The van der Waals surface area contributed by atoms with Gasteiger partial charge in [-0.05, 0) is 33.2 Å². The minimum atomic E-state index is 0.153. The molecule has 0 aromatic rings. The van der Waals surface area contributed by atoms with E-state index in [0.29, 0.717) is 13.0 Å². The molecule has 0 aliphatic rings. The number of rotatable bonds is 8. The van der Waals surface area contributed by atoms with E-state index in [-0.39, 0.29) is 5.91 Å². The SMILES string of the molecule is CC(C)=CCNC(=O)CCCCCCN. The van der Waals surface area contributed by atoms with Crippen LogP contribution in [0.3, 0.4) is 0 Å². The Labute approximate surface area is 93.1 Å². The summed E-state index contributed by atoms with van der Waals surface area (Å²) in [5, 5.41) is 2.86. The zero-order valence-corrected chi connectivity index (χ0v) is 10.0. The molecule has 0 bridgehead atoms. The van der Waals surface area contributed by atoms with Gasteiger partial charge in [0.2, 0.25) is 5.91 Å². The molecule has 88 valence electrons. The minimum Gasteiger partial charge on any atom is -0.353 e. The topological polar surface area (TPSA) is 55.1 Å². The Balaban J connectivity index is 3.30. The second kappa shape index (κ2) is 9.71. The second-order valence-corrected chi connectivity index (χ2v) is 4.04. The van der Waals surface area contributed by atoms with Gasteiger partial charge in [-0.2, -0.15) is 0 Å². The van der Waals surface area contributed by atoms with Gasteiger partial charge in [-0.15, -0.1) is 0 Å². The first kappa shape index (κ1) is 14.2. The van der Waals surface area contributed by atoms with Crippen LogP contribution >= 0.6 is 0 Å². The van der Waals surface area contributed by atoms with Crippen molar-refractivity contribution in [1.29, 1.82) is 0 Å². The fourth-order valence-corrected chi connectivity index (χ4v) is 1.24. The maximum absolute atomic E-state index is 11.3. The number of nitrogens with two attached hydrogens (primary N) is 1. The van der Waals surface area contributed by atoms with E-state index in [1.165, 1.54) is 5.57 Å². The first-order chi connectivity index (χ1) is 7.16. The third-order valence-electron chi connectivity index (χ3n) is 2.17. The van der Waals surface area contributed by atoms with Crippen molar-refractivity contribution in [2.24, 2.45) is 5.73 Å². The van der Waals surface area contributed by atoms with Gasteiger partial charge >= 0.3 is 0 Å². The van der Waals surface area contributed by atoms with Crippen LogP contribution in [0.15, 0.2) is 11.6 Å². The number of amides is 1. The van der Waals surface area contributed by atoms with E-state index < -0.39 is 0 Å². The van der Waals surface area contributed by atoms with Crippen molar-refractivity contribution in [1.82, 2.24) is 5.32 Å². The molecule has 3 N–H and O–H groups in total. The molecular formula is C12H24N2O. The molecule has 0 aromatic heterocycles. The van der Waals surface area contributed by atoms with Gasteiger partial charge in [0.05, 0.1) is 0 Å². The fraction of sp³-hybridized carbons (Fsp3) is 0.750. The molecule has 1 amide bonds. The summed E-state index contributed by atoms with van der Waals surface area (Å²) >= 11 is 0. The average molecular weight is 212 g/mol. The van der Waals surface area contributed by atoms with Crippen molar-refractivity contribution in [3.63, 3.8) is 0 Å². The predicted molar refractivity (Wildman–Crippen MR) is 64.6 cm³/mol. The Morgan fingerprint density at radius 3 is 2.47 bits per heavy atom. The molecule has 0 spiro atoms. The van der Waals surface area contributed by atoms with E-state index in [0.717, 1.165) is 32.2 Å². The molecule has 0 atom stereocenters. The minimum absolute atomic E-state index is 0.153. The standard InChI is InChI=1S/C12H24N2O/c1-11(2)8-10-14-12(15)7-5-3-4-6-9-13/h8H,3-7,9-10,13H2,1-2H3,(H,14,15). The lowest BCUT2D eigenvalue weighted by molar-refractivity contribution is -0.121. The molecular weight excluding hydrogens is 188 g/mol. The van der Waals surface area contributed by atoms with Crippen LogP contribution in [-0.4, -0.2) is 19.0 Å². The van der Waals surface area contributed by atoms with Crippen LogP contribution in [0.1, 0.15) is 46.0 Å². The third kappa shape index (κ3) is 11.1. The lowest BCUT2D eigenvalue weighted by atomic mass is 10.1. The molecule has 3 heteroatoms. The van der Waals surface area contributed by atoms with Gasteiger partial charge in [0, 0.05) is 13.0 Å². The van der Waals surface area contributed by atoms with Crippen molar-refractivity contribution < 1.29 is 4.79 Å². The van der Waals surface area contributed by atoms with Crippen molar-refractivity contribution in [2.45, 2.75) is 46.0 Å². The molecule has 0 unspecified atom stereocenters. The number of allylic oxidation sites excluding steroid dienone is 1. The van der Waals surface area contributed by atoms with Gasteiger partial charge in [-0.25, -0.2) is 0 Å². The zero-order chi connectivity index (χ0) is 11.5. The summed E-state index contributed by atoms with van der Waals surface area (Å²) in [5.74, 6) is 0.153. The van der Waals surface area contributed by atoms with Crippen LogP contribution in [0.4, 0.5) is 0 Å². The van der Waals surface area contributed by atoms with Crippen LogP contribution < -0.4 is 11.1 Å². The molecule has 0 aliphatic carbocycles. The molecule has 3 nitrogen and oxygen atoms in total. The summed E-state index contributed by atoms with van der Waals surface area (Å²) in [6, 6.07) is 0. The molecule has 15 heavy (non-hydrogen) atoms. The van der Waals surface area contributed by atoms with E-state index >= 15 is 0 Å². The Hall–Kier alpha value is -0.830. The normalized spacial score (nSPS) is 9.80. The lowest BCUT2D eigenvalue weighted by Crippen LogP contribution is -2.22. The Morgan fingerprint density at radius 2 is 1.87 bits per heavy atom. The van der Waals surface area contributed by atoms with Crippen molar-refractivity contribution in [2.75, 3.05) is 13.1 Å². The highest BCUT2D eigenvalue weighted by Crippen LogP contribution is 2.01. The number of hydrogen-bond acceptors (Lipinski definition) is 2. The van der Waals surface area contributed by atoms with E-state index in [9.17, 15) is 4.79 Å². The highest BCUT2D eigenvalue weighted by atomic mass is 16.1. The maximum Gasteiger partial charge on any atom is 0.220 e. The first-order valence-corrected chi connectivity index (χ1v) is 5.77. The smallest absolute Gasteiger partial charge is 0.220 e. The molecule has 0 rings (SSSR count).